The minimum Gasteiger partial charge on any atom is -0.476 e. The van der Waals surface area contributed by atoms with Crippen molar-refractivity contribution in [2.75, 3.05) is 0 Å². The second kappa shape index (κ2) is 3.82. The standard InChI is InChI=1S/C14H12ClN3O2/c1-6-2-11(16-5-10(6)15)18-13-8-3-7(8)4-9(13)12(17-18)14(19)20/h2,5,7-8H,3-4H2,1H3,(H,19,20)/t7-,8-/m1/s1. The van der Waals surface area contributed by atoms with E-state index in [-0.39, 0.29) is 5.69 Å². The number of carboxylic acid groups (broad SMARTS) is 1. The van der Waals surface area contributed by atoms with Gasteiger partial charge in [0.25, 0.3) is 0 Å². The Bertz CT molecular complexity index is 753. The maximum Gasteiger partial charge on any atom is 0.356 e. The number of aromatic nitrogens is 3. The first-order valence-electron chi connectivity index (χ1n) is 6.54. The van der Waals surface area contributed by atoms with Crippen LogP contribution in [0.1, 0.15) is 39.6 Å². The summed E-state index contributed by atoms with van der Waals surface area (Å²) in [5.41, 5.74) is 2.99. The molecule has 0 unspecified atom stereocenters. The summed E-state index contributed by atoms with van der Waals surface area (Å²) in [6.45, 7) is 1.90. The van der Waals surface area contributed by atoms with Gasteiger partial charge in [-0.2, -0.15) is 5.10 Å². The second-order valence-electron chi connectivity index (χ2n) is 5.53. The van der Waals surface area contributed by atoms with Crippen LogP contribution in [0.3, 0.4) is 0 Å². The van der Waals surface area contributed by atoms with Crippen LogP contribution in [0.2, 0.25) is 5.02 Å². The molecule has 102 valence electrons. The Hall–Kier alpha value is -1.88. The normalized spacial score (nSPS) is 22.5. The molecule has 20 heavy (non-hydrogen) atoms. The fourth-order valence-corrected chi connectivity index (χ4v) is 3.21. The molecule has 0 amide bonds. The van der Waals surface area contributed by atoms with E-state index in [1.807, 2.05) is 13.0 Å². The number of rotatable bonds is 2. The molecule has 6 heteroatoms. The molecule has 5 nitrogen and oxygen atoms in total. The topological polar surface area (TPSA) is 68.0 Å². The van der Waals surface area contributed by atoms with E-state index < -0.39 is 5.97 Å². The van der Waals surface area contributed by atoms with Gasteiger partial charge < -0.3 is 5.11 Å². The van der Waals surface area contributed by atoms with Crippen LogP contribution in [0.4, 0.5) is 0 Å². The predicted octanol–water partition coefficient (Wildman–Crippen LogP) is 2.59. The number of carboxylic acids is 1. The van der Waals surface area contributed by atoms with Gasteiger partial charge in [-0.05, 0) is 37.3 Å². The molecule has 0 spiro atoms. The third-order valence-corrected chi connectivity index (χ3v) is 4.61. The Balaban J connectivity index is 1.92. The van der Waals surface area contributed by atoms with Gasteiger partial charge in [0.2, 0.25) is 0 Å². The van der Waals surface area contributed by atoms with E-state index in [9.17, 15) is 9.90 Å². The molecule has 1 saturated carbocycles. The van der Waals surface area contributed by atoms with Crippen LogP contribution in [0.15, 0.2) is 12.3 Å². The molecule has 0 saturated heterocycles. The molecule has 0 aromatic carbocycles. The molecule has 2 aromatic heterocycles. The zero-order chi connectivity index (χ0) is 14.0. The number of hydrogen-bond acceptors (Lipinski definition) is 3. The van der Waals surface area contributed by atoms with E-state index in [1.165, 1.54) is 0 Å². The summed E-state index contributed by atoms with van der Waals surface area (Å²) in [5.74, 6) is 0.722. The zero-order valence-electron chi connectivity index (χ0n) is 10.8. The molecule has 2 atom stereocenters. The Morgan fingerprint density at radius 1 is 1.55 bits per heavy atom. The van der Waals surface area contributed by atoms with Crippen molar-refractivity contribution in [2.45, 2.75) is 25.7 Å². The molecule has 2 aliphatic carbocycles. The van der Waals surface area contributed by atoms with Crippen molar-refractivity contribution in [3.8, 4) is 5.82 Å². The number of hydrogen-bond donors (Lipinski definition) is 1. The van der Waals surface area contributed by atoms with Crippen molar-refractivity contribution in [1.29, 1.82) is 0 Å². The first-order chi connectivity index (χ1) is 9.56. The molecular formula is C14H12ClN3O2. The summed E-state index contributed by atoms with van der Waals surface area (Å²) < 4.78 is 1.69. The molecule has 2 aromatic rings. The second-order valence-corrected chi connectivity index (χ2v) is 5.93. The molecule has 0 radical (unpaired) electrons. The first kappa shape index (κ1) is 11.9. The lowest BCUT2D eigenvalue weighted by atomic mass is 10.1. The monoisotopic (exact) mass is 289 g/mol. The molecule has 0 bridgehead atoms. The molecule has 4 rings (SSSR count). The maximum absolute atomic E-state index is 11.3. The Kier molecular flexibility index (Phi) is 2.27. The lowest BCUT2D eigenvalue weighted by Crippen LogP contribution is -2.06. The minimum absolute atomic E-state index is 0.168. The molecule has 1 N–H and O–H groups in total. The average molecular weight is 290 g/mol. The van der Waals surface area contributed by atoms with Gasteiger partial charge in [-0.15, -0.1) is 0 Å². The Morgan fingerprint density at radius 2 is 2.35 bits per heavy atom. The van der Waals surface area contributed by atoms with Crippen LogP contribution < -0.4 is 0 Å². The quantitative estimate of drug-likeness (QED) is 0.922. The highest BCUT2D eigenvalue weighted by Crippen LogP contribution is 2.57. The summed E-state index contributed by atoms with van der Waals surface area (Å²) in [7, 11) is 0. The zero-order valence-corrected chi connectivity index (χ0v) is 11.6. The van der Waals surface area contributed by atoms with Crippen LogP contribution >= 0.6 is 11.6 Å². The lowest BCUT2D eigenvalue weighted by Gasteiger charge is -2.07. The lowest BCUT2D eigenvalue weighted by molar-refractivity contribution is 0.0688. The highest BCUT2D eigenvalue weighted by atomic mass is 35.5. The van der Waals surface area contributed by atoms with E-state index in [0.717, 1.165) is 29.7 Å². The largest absolute Gasteiger partial charge is 0.476 e. The summed E-state index contributed by atoms with van der Waals surface area (Å²) in [6, 6.07) is 1.84. The van der Waals surface area contributed by atoms with Crippen molar-refractivity contribution in [3.05, 3.63) is 39.8 Å². The van der Waals surface area contributed by atoms with Gasteiger partial charge in [-0.25, -0.2) is 14.5 Å². The predicted molar refractivity (Wildman–Crippen MR) is 72.6 cm³/mol. The van der Waals surface area contributed by atoms with E-state index in [0.29, 0.717) is 22.7 Å². The number of carbonyl (C=O) groups is 1. The average Bonchev–Trinajstić information content (AvgIpc) is 2.91. The molecule has 0 aliphatic heterocycles. The molecular weight excluding hydrogens is 278 g/mol. The number of pyridine rings is 1. The van der Waals surface area contributed by atoms with Crippen molar-refractivity contribution in [3.63, 3.8) is 0 Å². The SMILES string of the molecule is Cc1cc(-n2nc(C(=O)O)c3c2[C@@H]2C[C@@H]2C3)ncc1Cl. The fourth-order valence-electron chi connectivity index (χ4n) is 3.10. The van der Waals surface area contributed by atoms with Gasteiger partial charge in [0.05, 0.1) is 10.7 Å². The Morgan fingerprint density at radius 3 is 3.05 bits per heavy atom. The third-order valence-electron chi connectivity index (χ3n) is 4.22. The van der Waals surface area contributed by atoms with Crippen LogP contribution in [0.25, 0.3) is 5.82 Å². The van der Waals surface area contributed by atoms with Crippen molar-refractivity contribution in [2.24, 2.45) is 5.92 Å². The van der Waals surface area contributed by atoms with Crippen molar-refractivity contribution < 1.29 is 9.90 Å². The first-order valence-corrected chi connectivity index (χ1v) is 6.91. The van der Waals surface area contributed by atoms with Gasteiger partial charge >= 0.3 is 5.97 Å². The van der Waals surface area contributed by atoms with Gasteiger partial charge in [-0.3, -0.25) is 0 Å². The van der Waals surface area contributed by atoms with Gasteiger partial charge in [0.1, 0.15) is 0 Å². The summed E-state index contributed by atoms with van der Waals surface area (Å²) in [6.07, 6.45) is 3.54. The summed E-state index contributed by atoms with van der Waals surface area (Å²) >= 11 is 5.99. The highest BCUT2D eigenvalue weighted by Gasteiger charge is 2.50. The van der Waals surface area contributed by atoms with Crippen LogP contribution in [0, 0.1) is 12.8 Å². The summed E-state index contributed by atoms with van der Waals surface area (Å²) in [4.78, 5) is 15.6. The van der Waals surface area contributed by atoms with Crippen molar-refractivity contribution >= 4 is 17.6 Å². The number of halogens is 1. The number of aryl methyl sites for hydroxylation is 1. The smallest absolute Gasteiger partial charge is 0.356 e. The van der Waals surface area contributed by atoms with Crippen molar-refractivity contribution in [1.82, 2.24) is 14.8 Å². The van der Waals surface area contributed by atoms with Gasteiger partial charge in [-0.1, -0.05) is 11.6 Å². The van der Waals surface area contributed by atoms with Gasteiger partial charge in [0.15, 0.2) is 11.5 Å². The van der Waals surface area contributed by atoms with E-state index in [1.54, 1.807) is 10.9 Å². The molecule has 2 heterocycles. The van der Waals surface area contributed by atoms with Crippen LogP contribution in [0.5, 0.6) is 0 Å². The maximum atomic E-state index is 11.3. The Labute approximate surface area is 120 Å². The van der Waals surface area contributed by atoms with Gasteiger partial charge in [0, 0.05) is 17.7 Å². The summed E-state index contributed by atoms with van der Waals surface area (Å²) in [5, 5.41) is 14.2. The minimum atomic E-state index is -0.966. The number of aromatic carboxylic acids is 1. The molecule has 1 fully saturated rings. The third kappa shape index (κ3) is 1.53. The van der Waals surface area contributed by atoms with E-state index in [4.69, 9.17) is 11.6 Å². The highest BCUT2D eigenvalue weighted by molar-refractivity contribution is 6.31. The number of nitrogens with zero attached hydrogens (tertiary/aromatic N) is 3. The molecule has 2 aliphatic rings. The number of fused-ring (bicyclic) bond motifs is 3. The fraction of sp³-hybridized carbons (Fsp3) is 0.357. The van der Waals surface area contributed by atoms with Crippen LogP contribution in [-0.4, -0.2) is 25.8 Å². The van der Waals surface area contributed by atoms with E-state index >= 15 is 0 Å². The van der Waals surface area contributed by atoms with Crippen LogP contribution in [-0.2, 0) is 6.42 Å². The van der Waals surface area contributed by atoms with E-state index in [2.05, 4.69) is 10.1 Å².